The summed E-state index contributed by atoms with van der Waals surface area (Å²) in [6.07, 6.45) is 0.237. The van der Waals surface area contributed by atoms with Crippen LogP contribution in [0.5, 0.6) is 0 Å². The van der Waals surface area contributed by atoms with E-state index in [0.717, 1.165) is 12.8 Å². The standard InChI is InChI=1S/C16H18N2O6/c1-3-4-5-11-13(14(19)20)24-16(22)18(11)9-6-7-10-12(8-9)23-15(21)17(10)2/h6-8,11,13H,3-5H2,1-2H3,(H,19,20)/t11?,13-/m1/s1. The van der Waals surface area contributed by atoms with Crippen molar-refractivity contribution >= 4 is 28.8 Å². The van der Waals surface area contributed by atoms with E-state index in [1.165, 1.54) is 9.47 Å². The summed E-state index contributed by atoms with van der Waals surface area (Å²) in [5, 5.41) is 9.31. The van der Waals surface area contributed by atoms with Crippen LogP contribution in [0, 0.1) is 0 Å². The molecule has 0 aliphatic carbocycles. The number of amides is 1. The Hall–Kier alpha value is -2.77. The quantitative estimate of drug-likeness (QED) is 0.898. The minimum Gasteiger partial charge on any atom is -0.478 e. The Kier molecular flexibility index (Phi) is 4.04. The number of fused-ring (bicyclic) bond motifs is 1. The zero-order valence-electron chi connectivity index (χ0n) is 13.4. The first-order valence-corrected chi connectivity index (χ1v) is 7.76. The van der Waals surface area contributed by atoms with E-state index in [2.05, 4.69) is 0 Å². The van der Waals surface area contributed by atoms with Crippen molar-refractivity contribution in [3.8, 4) is 0 Å². The maximum atomic E-state index is 12.2. The number of carbonyl (C=O) groups excluding carboxylic acids is 1. The van der Waals surface area contributed by atoms with E-state index in [1.54, 1.807) is 25.2 Å². The Bertz CT molecular complexity index is 852. The number of aromatic nitrogens is 1. The van der Waals surface area contributed by atoms with Crippen LogP contribution in [0.3, 0.4) is 0 Å². The fourth-order valence-corrected chi connectivity index (χ4v) is 2.99. The lowest BCUT2D eigenvalue weighted by atomic mass is 10.0. The van der Waals surface area contributed by atoms with Crippen molar-refractivity contribution in [3.05, 3.63) is 28.7 Å². The van der Waals surface area contributed by atoms with Crippen LogP contribution in [0.2, 0.25) is 0 Å². The van der Waals surface area contributed by atoms with Gasteiger partial charge in [0.2, 0.25) is 6.10 Å². The predicted molar refractivity (Wildman–Crippen MR) is 85.2 cm³/mol. The van der Waals surface area contributed by atoms with Crippen LogP contribution in [0.4, 0.5) is 10.5 Å². The molecule has 1 aromatic carbocycles. The molecule has 1 aromatic heterocycles. The van der Waals surface area contributed by atoms with Crippen LogP contribution in [0.25, 0.3) is 11.1 Å². The Morgan fingerprint density at radius 2 is 2.08 bits per heavy atom. The molecule has 0 saturated carbocycles. The van der Waals surface area contributed by atoms with Gasteiger partial charge in [-0.15, -0.1) is 0 Å². The third-order valence-electron chi connectivity index (χ3n) is 4.26. The van der Waals surface area contributed by atoms with Crippen molar-refractivity contribution in [2.45, 2.75) is 38.3 Å². The number of carboxylic acids is 1. The number of oxazole rings is 1. The lowest BCUT2D eigenvalue weighted by molar-refractivity contribution is -0.145. The van der Waals surface area contributed by atoms with Gasteiger partial charge < -0.3 is 14.3 Å². The molecule has 1 aliphatic heterocycles. The second-order valence-corrected chi connectivity index (χ2v) is 5.80. The van der Waals surface area contributed by atoms with Gasteiger partial charge in [-0.1, -0.05) is 19.8 Å². The molecule has 0 radical (unpaired) electrons. The molecule has 2 atom stereocenters. The topological polar surface area (TPSA) is 102 Å². The minimum atomic E-state index is -1.21. The molecule has 0 bridgehead atoms. The molecule has 1 saturated heterocycles. The molecular formula is C16H18N2O6. The zero-order chi connectivity index (χ0) is 17.4. The van der Waals surface area contributed by atoms with Crippen molar-refractivity contribution in [3.63, 3.8) is 0 Å². The SMILES string of the molecule is CCCCC1[C@H](C(=O)O)OC(=O)N1c1ccc2c(c1)oc(=O)n2C. The van der Waals surface area contributed by atoms with Crippen LogP contribution in [0.15, 0.2) is 27.4 Å². The van der Waals surface area contributed by atoms with Gasteiger partial charge in [-0.2, -0.15) is 0 Å². The number of hydrogen-bond donors (Lipinski definition) is 1. The normalized spacial score (nSPS) is 20.6. The van der Waals surface area contributed by atoms with E-state index in [-0.39, 0.29) is 0 Å². The molecule has 2 aromatic rings. The van der Waals surface area contributed by atoms with Crippen molar-refractivity contribution in [1.82, 2.24) is 4.57 Å². The van der Waals surface area contributed by atoms with Crippen molar-refractivity contribution in [2.75, 3.05) is 4.90 Å². The number of benzene rings is 1. The van der Waals surface area contributed by atoms with Crippen molar-refractivity contribution in [1.29, 1.82) is 0 Å². The molecule has 8 nitrogen and oxygen atoms in total. The number of cyclic esters (lactones) is 1. The van der Waals surface area contributed by atoms with Gasteiger partial charge >= 0.3 is 17.8 Å². The first-order valence-electron chi connectivity index (χ1n) is 7.76. The summed E-state index contributed by atoms with van der Waals surface area (Å²) in [5.41, 5.74) is 1.38. The van der Waals surface area contributed by atoms with Gasteiger partial charge in [0.15, 0.2) is 5.58 Å². The molecule has 1 N–H and O–H groups in total. The molecule has 1 fully saturated rings. The van der Waals surface area contributed by atoms with E-state index in [9.17, 15) is 19.5 Å². The number of anilines is 1. The van der Waals surface area contributed by atoms with E-state index < -0.39 is 30.0 Å². The van der Waals surface area contributed by atoms with Gasteiger partial charge in [0.25, 0.3) is 0 Å². The predicted octanol–water partition coefficient (Wildman–Crippen LogP) is 2.10. The Morgan fingerprint density at radius 1 is 1.33 bits per heavy atom. The number of rotatable bonds is 5. The van der Waals surface area contributed by atoms with Gasteiger partial charge in [0.05, 0.1) is 17.2 Å². The maximum absolute atomic E-state index is 12.2. The molecule has 2 heterocycles. The van der Waals surface area contributed by atoms with Gasteiger partial charge in [-0.3, -0.25) is 9.47 Å². The molecule has 3 rings (SSSR count). The average Bonchev–Trinajstić information content (AvgIpc) is 3.02. The van der Waals surface area contributed by atoms with E-state index in [0.29, 0.717) is 23.2 Å². The summed E-state index contributed by atoms with van der Waals surface area (Å²) < 4.78 is 11.5. The van der Waals surface area contributed by atoms with Crippen molar-refractivity contribution < 1.29 is 23.8 Å². The van der Waals surface area contributed by atoms with Gasteiger partial charge in [0, 0.05) is 13.1 Å². The molecule has 24 heavy (non-hydrogen) atoms. The number of hydrogen-bond acceptors (Lipinski definition) is 5. The fourth-order valence-electron chi connectivity index (χ4n) is 2.99. The number of aliphatic carboxylic acids is 1. The maximum Gasteiger partial charge on any atom is 0.419 e. The van der Waals surface area contributed by atoms with Crippen molar-refractivity contribution in [2.24, 2.45) is 7.05 Å². The summed E-state index contributed by atoms with van der Waals surface area (Å²) in [7, 11) is 1.59. The highest BCUT2D eigenvalue weighted by Crippen LogP contribution is 2.32. The monoisotopic (exact) mass is 334 g/mol. The third kappa shape index (κ3) is 2.53. The highest BCUT2D eigenvalue weighted by molar-refractivity contribution is 5.96. The van der Waals surface area contributed by atoms with Crippen LogP contribution < -0.4 is 10.7 Å². The Labute approximate surface area is 137 Å². The summed E-state index contributed by atoms with van der Waals surface area (Å²) >= 11 is 0. The van der Waals surface area contributed by atoms with Crippen LogP contribution in [-0.4, -0.2) is 33.9 Å². The number of nitrogens with zero attached hydrogens (tertiary/aromatic N) is 2. The number of carboxylic acid groups (broad SMARTS) is 1. The number of carbonyl (C=O) groups is 2. The highest BCUT2D eigenvalue weighted by Gasteiger charge is 2.46. The molecule has 0 spiro atoms. The summed E-state index contributed by atoms with van der Waals surface area (Å²) in [4.78, 5) is 36.5. The smallest absolute Gasteiger partial charge is 0.419 e. The minimum absolute atomic E-state index is 0.334. The highest BCUT2D eigenvalue weighted by atomic mass is 16.6. The number of aryl methyl sites for hydroxylation is 1. The zero-order valence-corrected chi connectivity index (χ0v) is 13.4. The third-order valence-corrected chi connectivity index (χ3v) is 4.26. The lowest BCUT2D eigenvalue weighted by Gasteiger charge is -2.23. The number of ether oxygens (including phenoxy) is 1. The second-order valence-electron chi connectivity index (χ2n) is 5.80. The average molecular weight is 334 g/mol. The molecule has 1 aliphatic rings. The molecule has 1 amide bonds. The van der Waals surface area contributed by atoms with E-state index >= 15 is 0 Å². The van der Waals surface area contributed by atoms with Gasteiger partial charge in [-0.05, 0) is 18.6 Å². The van der Waals surface area contributed by atoms with E-state index in [1.807, 2.05) is 6.92 Å². The Morgan fingerprint density at radius 3 is 2.75 bits per heavy atom. The summed E-state index contributed by atoms with van der Waals surface area (Å²) in [5.74, 6) is -1.67. The van der Waals surface area contributed by atoms with Crippen LogP contribution in [-0.2, 0) is 16.6 Å². The van der Waals surface area contributed by atoms with Crippen LogP contribution >= 0.6 is 0 Å². The molecule has 8 heteroatoms. The molecular weight excluding hydrogens is 316 g/mol. The fraction of sp³-hybridized carbons (Fsp3) is 0.438. The van der Waals surface area contributed by atoms with Gasteiger partial charge in [-0.25, -0.2) is 14.4 Å². The largest absolute Gasteiger partial charge is 0.478 e. The van der Waals surface area contributed by atoms with E-state index in [4.69, 9.17) is 9.15 Å². The van der Waals surface area contributed by atoms with Crippen LogP contribution in [0.1, 0.15) is 26.2 Å². The summed E-state index contributed by atoms with van der Waals surface area (Å²) in [6.45, 7) is 1.99. The first kappa shape index (κ1) is 16.1. The molecule has 128 valence electrons. The number of unbranched alkanes of at least 4 members (excludes halogenated alkanes) is 1. The Balaban J connectivity index is 2.02. The first-order chi connectivity index (χ1) is 11.4. The summed E-state index contributed by atoms with van der Waals surface area (Å²) in [6, 6.07) is 4.28. The molecule has 1 unspecified atom stereocenters. The lowest BCUT2D eigenvalue weighted by Crippen LogP contribution is -2.40. The van der Waals surface area contributed by atoms with Gasteiger partial charge in [0.1, 0.15) is 0 Å². The second kappa shape index (κ2) is 6.03.